The molecule has 19 heavy (non-hydrogen) atoms. The summed E-state index contributed by atoms with van der Waals surface area (Å²) in [6.45, 7) is 0. The lowest BCUT2D eigenvalue weighted by atomic mass is 10.0. The third-order valence-corrected chi connectivity index (χ3v) is 5.69. The second kappa shape index (κ2) is 6.60. The fourth-order valence-corrected chi connectivity index (χ4v) is 3.65. The van der Waals surface area contributed by atoms with Crippen molar-refractivity contribution in [3.63, 3.8) is 0 Å². The molecular formula is C13H6Br2Cl2FI. The molecule has 100 valence electrons. The topological polar surface area (TPSA) is 0 Å². The van der Waals surface area contributed by atoms with E-state index in [4.69, 9.17) is 23.2 Å². The van der Waals surface area contributed by atoms with Crippen LogP contribution < -0.4 is 0 Å². The zero-order chi connectivity index (χ0) is 14.2. The van der Waals surface area contributed by atoms with E-state index in [1.54, 1.807) is 6.07 Å². The molecule has 0 spiro atoms. The van der Waals surface area contributed by atoms with E-state index in [2.05, 4.69) is 54.5 Å². The van der Waals surface area contributed by atoms with E-state index in [1.807, 2.05) is 18.2 Å². The number of alkyl halides is 1. The van der Waals surface area contributed by atoms with Crippen LogP contribution in [0.2, 0.25) is 5.02 Å². The molecule has 0 aliphatic rings. The van der Waals surface area contributed by atoms with Gasteiger partial charge in [-0.3, -0.25) is 0 Å². The predicted molar refractivity (Wildman–Crippen MR) is 93.7 cm³/mol. The van der Waals surface area contributed by atoms with E-state index in [0.717, 1.165) is 13.6 Å². The van der Waals surface area contributed by atoms with Crippen LogP contribution in [-0.4, -0.2) is 0 Å². The van der Waals surface area contributed by atoms with Gasteiger partial charge in [0.1, 0.15) is 5.82 Å². The standard InChI is InChI=1S/C13H6Br2Cl2FI/c14-6-1-2-12(19)8(3-6)13(17)7-4-10(16)9(15)5-11(7)18/h1-5,13H. The van der Waals surface area contributed by atoms with Gasteiger partial charge in [0.05, 0.1) is 10.4 Å². The van der Waals surface area contributed by atoms with Crippen molar-refractivity contribution in [3.05, 3.63) is 64.8 Å². The summed E-state index contributed by atoms with van der Waals surface area (Å²) < 4.78 is 16.4. The molecule has 0 saturated heterocycles. The molecule has 6 heteroatoms. The maximum absolute atomic E-state index is 14.0. The zero-order valence-electron chi connectivity index (χ0n) is 9.23. The Bertz CT molecular complexity index is 634. The van der Waals surface area contributed by atoms with Crippen LogP contribution >= 0.6 is 77.7 Å². The van der Waals surface area contributed by atoms with Gasteiger partial charge in [0.2, 0.25) is 0 Å². The number of benzene rings is 2. The Balaban J connectivity index is 2.52. The molecule has 0 aliphatic heterocycles. The molecule has 2 rings (SSSR count). The smallest absolute Gasteiger partial charge is 0.129 e. The van der Waals surface area contributed by atoms with Gasteiger partial charge in [0.15, 0.2) is 0 Å². The van der Waals surface area contributed by atoms with E-state index in [-0.39, 0.29) is 5.82 Å². The quantitative estimate of drug-likeness (QED) is 0.221. The Morgan fingerprint density at radius 3 is 2.47 bits per heavy atom. The molecule has 0 radical (unpaired) electrons. The van der Waals surface area contributed by atoms with Crippen molar-refractivity contribution in [1.82, 2.24) is 0 Å². The summed E-state index contributed by atoms with van der Waals surface area (Å²) in [7, 11) is 0. The third kappa shape index (κ3) is 3.64. The fourth-order valence-electron chi connectivity index (χ4n) is 1.61. The molecule has 0 N–H and O–H groups in total. The second-order valence-electron chi connectivity index (χ2n) is 3.82. The van der Waals surface area contributed by atoms with Gasteiger partial charge in [-0.15, -0.1) is 11.6 Å². The average Bonchev–Trinajstić information content (AvgIpc) is 2.36. The monoisotopic (exact) mass is 536 g/mol. The summed E-state index contributed by atoms with van der Waals surface area (Å²) in [5.41, 5.74) is 1.21. The maximum Gasteiger partial charge on any atom is 0.129 e. The van der Waals surface area contributed by atoms with Gasteiger partial charge in [0.25, 0.3) is 0 Å². The highest BCUT2D eigenvalue weighted by Gasteiger charge is 2.19. The van der Waals surface area contributed by atoms with E-state index in [1.165, 1.54) is 6.07 Å². The minimum absolute atomic E-state index is 0.367. The lowest BCUT2D eigenvalue weighted by Crippen LogP contribution is -2.00. The largest absolute Gasteiger partial charge is 0.207 e. The SMILES string of the molecule is Fc1cc(Br)c(Cl)cc1C(Cl)c1cc(Br)ccc1I. The summed E-state index contributed by atoms with van der Waals surface area (Å²) in [5, 5.41) is -0.151. The molecule has 0 aliphatic carbocycles. The van der Waals surface area contributed by atoms with Crippen molar-refractivity contribution in [1.29, 1.82) is 0 Å². The van der Waals surface area contributed by atoms with E-state index in [0.29, 0.717) is 15.1 Å². The molecule has 0 heterocycles. The third-order valence-electron chi connectivity index (χ3n) is 2.54. The van der Waals surface area contributed by atoms with Crippen LogP contribution in [0.1, 0.15) is 16.5 Å². The number of hydrogen-bond acceptors (Lipinski definition) is 0. The molecule has 0 saturated carbocycles. The van der Waals surface area contributed by atoms with Crippen LogP contribution in [-0.2, 0) is 0 Å². The van der Waals surface area contributed by atoms with Crippen LogP contribution in [0.15, 0.2) is 39.3 Å². The van der Waals surface area contributed by atoms with Crippen molar-refractivity contribution in [2.45, 2.75) is 5.38 Å². The van der Waals surface area contributed by atoms with Crippen LogP contribution in [0.5, 0.6) is 0 Å². The summed E-state index contributed by atoms with van der Waals surface area (Å²) in [5.74, 6) is -0.382. The van der Waals surface area contributed by atoms with Gasteiger partial charge < -0.3 is 0 Å². The average molecular weight is 539 g/mol. The van der Waals surface area contributed by atoms with Gasteiger partial charge in [-0.2, -0.15) is 0 Å². The van der Waals surface area contributed by atoms with Crippen molar-refractivity contribution in [2.24, 2.45) is 0 Å². The minimum Gasteiger partial charge on any atom is -0.207 e. The number of hydrogen-bond donors (Lipinski definition) is 0. The molecule has 0 fully saturated rings. The summed E-state index contributed by atoms with van der Waals surface area (Å²) in [4.78, 5) is 0. The molecule has 0 bridgehead atoms. The highest BCUT2D eigenvalue weighted by molar-refractivity contribution is 14.1. The predicted octanol–water partition coefficient (Wildman–Crippen LogP) is 6.94. The molecule has 1 unspecified atom stereocenters. The number of rotatable bonds is 2. The molecule has 2 aromatic rings. The number of halogens is 6. The lowest BCUT2D eigenvalue weighted by molar-refractivity contribution is 0.611. The summed E-state index contributed by atoms with van der Waals surface area (Å²) in [6, 6.07) is 8.61. The summed E-state index contributed by atoms with van der Waals surface area (Å²) >= 11 is 21.2. The Hall–Kier alpha value is 0.640. The van der Waals surface area contributed by atoms with Gasteiger partial charge in [0, 0.05) is 18.1 Å². The van der Waals surface area contributed by atoms with Crippen molar-refractivity contribution >= 4 is 77.7 Å². The highest BCUT2D eigenvalue weighted by Crippen LogP contribution is 2.37. The van der Waals surface area contributed by atoms with E-state index >= 15 is 0 Å². The zero-order valence-corrected chi connectivity index (χ0v) is 16.1. The first-order valence-electron chi connectivity index (χ1n) is 5.13. The molecule has 0 nitrogen and oxygen atoms in total. The first kappa shape index (κ1) is 16.0. The van der Waals surface area contributed by atoms with Crippen LogP contribution in [0.4, 0.5) is 4.39 Å². The van der Waals surface area contributed by atoms with Gasteiger partial charge in [-0.25, -0.2) is 4.39 Å². The molecule has 2 aromatic carbocycles. The first-order chi connectivity index (χ1) is 8.90. The van der Waals surface area contributed by atoms with Crippen molar-refractivity contribution in [3.8, 4) is 0 Å². The van der Waals surface area contributed by atoms with Crippen LogP contribution in [0.3, 0.4) is 0 Å². The Morgan fingerprint density at radius 2 is 1.79 bits per heavy atom. The molecule has 1 atom stereocenters. The Labute approximate surface area is 151 Å². The lowest BCUT2D eigenvalue weighted by Gasteiger charge is -2.14. The second-order valence-corrected chi connectivity index (χ2v) is 7.59. The van der Waals surface area contributed by atoms with Crippen LogP contribution in [0, 0.1) is 9.39 Å². The minimum atomic E-state index is -0.588. The molecule has 0 aromatic heterocycles. The molecular weight excluding hydrogens is 533 g/mol. The first-order valence-corrected chi connectivity index (χ1v) is 8.61. The normalized spacial score (nSPS) is 12.5. The van der Waals surface area contributed by atoms with Crippen molar-refractivity contribution < 1.29 is 4.39 Å². The Morgan fingerprint density at radius 1 is 1.11 bits per heavy atom. The van der Waals surface area contributed by atoms with Gasteiger partial charge >= 0.3 is 0 Å². The van der Waals surface area contributed by atoms with E-state index < -0.39 is 5.38 Å². The van der Waals surface area contributed by atoms with Crippen LogP contribution in [0.25, 0.3) is 0 Å². The van der Waals surface area contributed by atoms with Gasteiger partial charge in [-0.05, 0) is 74.4 Å². The Kier molecular flexibility index (Phi) is 5.57. The maximum atomic E-state index is 14.0. The fraction of sp³-hybridized carbons (Fsp3) is 0.0769. The highest BCUT2D eigenvalue weighted by atomic mass is 127. The van der Waals surface area contributed by atoms with Gasteiger partial charge in [-0.1, -0.05) is 27.5 Å². The summed E-state index contributed by atoms with van der Waals surface area (Å²) in [6.07, 6.45) is 0. The van der Waals surface area contributed by atoms with Crippen molar-refractivity contribution in [2.75, 3.05) is 0 Å². The van der Waals surface area contributed by atoms with E-state index in [9.17, 15) is 4.39 Å². The molecule has 0 amide bonds.